The Morgan fingerprint density at radius 1 is 1.26 bits per heavy atom. The van der Waals surface area contributed by atoms with Crippen molar-refractivity contribution >= 4 is 40.9 Å². The number of halogens is 3. The monoisotopic (exact) mass is 385 g/mol. The van der Waals surface area contributed by atoms with Gasteiger partial charge in [0.1, 0.15) is 5.49 Å². The Bertz CT molecular complexity index is 710. The van der Waals surface area contributed by atoms with Gasteiger partial charge in [-0.25, -0.2) is 4.98 Å². The smallest absolute Gasteiger partial charge is 0.308 e. The third-order valence-corrected chi connectivity index (χ3v) is 7.55. The van der Waals surface area contributed by atoms with Crippen LogP contribution in [0.2, 0.25) is 0 Å². The average molecular weight is 385 g/mol. The van der Waals surface area contributed by atoms with E-state index in [0.29, 0.717) is 9.04 Å². The number of fused-ring (bicyclic) bond motifs is 1. The lowest BCUT2D eigenvalue weighted by atomic mass is 10.2. The van der Waals surface area contributed by atoms with E-state index >= 15 is 0 Å². The summed E-state index contributed by atoms with van der Waals surface area (Å²) < 4.78 is 61.9. The van der Waals surface area contributed by atoms with Crippen LogP contribution in [0.1, 0.15) is 19.4 Å². The number of nitrogens with zero attached hydrogens (tertiary/aromatic N) is 1. The zero-order valence-electron chi connectivity index (χ0n) is 12.4. The molecule has 0 fully saturated rings. The SMILES string of the molecule is CCOP(=O)(CSc1nc2cc(C(F)(F)F)ccc2s1)OCC. The van der Waals surface area contributed by atoms with Crippen LogP contribution in [-0.4, -0.2) is 23.7 Å². The van der Waals surface area contributed by atoms with E-state index in [2.05, 4.69) is 4.98 Å². The molecule has 0 saturated heterocycles. The molecule has 0 amide bonds. The van der Waals surface area contributed by atoms with E-state index in [1.54, 1.807) is 13.8 Å². The summed E-state index contributed by atoms with van der Waals surface area (Å²) in [6.07, 6.45) is -4.40. The van der Waals surface area contributed by atoms with Crippen LogP contribution in [0.25, 0.3) is 10.2 Å². The second-order valence-corrected chi connectivity index (χ2v) is 9.12. The van der Waals surface area contributed by atoms with E-state index in [1.807, 2.05) is 0 Å². The minimum absolute atomic E-state index is 0.0701. The van der Waals surface area contributed by atoms with Crippen molar-refractivity contribution in [3.63, 3.8) is 0 Å². The molecule has 2 aromatic rings. The Morgan fingerprint density at radius 2 is 1.91 bits per heavy atom. The fourth-order valence-corrected chi connectivity index (χ4v) is 6.14. The molecule has 1 aromatic heterocycles. The first-order chi connectivity index (χ1) is 10.8. The summed E-state index contributed by atoms with van der Waals surface area (Å²) >= 11 is 2.41. The van der Waals surface area contributed by atoms with Crippen molar-refractivity contribution in [3.8, 4) is 0 Å². The van der Waals surface area contributed by atoms with Crippen LogP contribution in [0.4, 0.5) is 13.2 Å². The Kier molecular flexibility index (Phi) is 6.13. The maximum Gasteiger partial charge on any atom is 0.416 e. The number of aromatic nitrogens is 1. The molecule has 0 saturated carbocycles. The quantitative estimate of drug-likeness (QED) is 0.457. The maximum atomic E-state index is 12.7. The predicted octanol–water partition coefficient (Wildman–Crippen LogP) is 5.63. The molecule has 0 atom stereocenters. The summed E-state index contributed by atoms with van der Waals surface area (Å²) in [6.45, 7) is 3.94. The number of rotatable bonds is 7. The van der Waals surface area contributed by atoms with Crippen LogP contribution < -0.4 is 0 Å². The highest BCUT2D eigenvalue weighted by Gasteiger charge is 2.31. The Labute approximate surface area is 139 Å². The van der Waals surface area contributed by atoms with Gasteiger partial charge in [0, 0.05) is 0 Å². The average Bonchev–Trinajstić information content (AvgIpc) is 2.87. The highest BCUT2D eigenvalue weighted by Crippen LogP contribution is 2.52. The molecule has 0 aliphatic carbocycles. The van der Waals surface area contributed by atoms with Crippen LogP contribution in [0, 0.1) is 0 Å². The summed E-state index contributed by atoms with van der Waals surface area (Å²) in [5, 5.41) is 0. The van der Waals surface area contributed by atoms with Gasteiger partial charge in [0.15, 0.2) is 4.34 Å². The topological polar surface area (TPSA) is 48.4 Å². The van der Waals surface area contributed by atoms with Crippen molar-refractivity contribution in [2.24, 2.45) is 0 Å². The Hall–Kier alpha value is -0.600. The van der Waals surface area contributed by atoms with Crippen LogP contribution in [0.3, 0.4) is 0 Å². The van der Waals surface area contributed by atoms with Gasteiger partial charge in [0.05, 0.1) is 29.0 Å². The van der Waals surface area contributed by atoms with E-state index in [4.69, 9.17) is 9.05 Å². The van der Waals surface area contributed by atoms with E-state index in [9.17, 15) is 17.7 Å². The van der Waals surface area contributed by atoms with Gasteiger partial charge >= 0.3 is 13.8 Å². The summed E-state index contributed by atoms with van der Waals surface area (Å²) in [4.78, 5) is 4.16. The molecule has 0 spiro atoms. The van der Waals surface area contributed by atoms with Crippen molar-refractivity contribution in [3.05, 3.63) is 23.8 Å². The van der Waals surface area contributed by atoms with Gasteiger partial charge in [-0.2, -0.15) is 13.2 Å². The molecular formula is C13H15F3NO3PS2. The number of alkyl halides is 3. The summed E-state index contributed by atoms with van der Waals surface area (Å²) in [5.41, 5.74) is -0.392. The van der Waals surface area contributed by atoms with Gasteiger partial charge in [0.25, 0.3) is 0 Å². The van der Waals surface area contributed by atoms with E-state index < -0.39 is 19.3 Å². The number of hydrogen-bond donors (Lipinski definition) is 0. The number of thioether (sulfide) groups is 1. The molecule has 23 heavy (non-hydrogen) atoms. The normalized spacial score (nSPS) is 12.9. The molecule has 0 aliphatic rings. The second-order valence-electron chi connectivity index (χ2n) is 4.38. The van der Waals surface area contributed by atoms with Gasteiger partial charge in [-0.1, -0.05) is 11.8 Å². The lowest BCUT2D eigenvalue weighted by molar-refractivity contribution is -0.137. The van der Waals surface area contributed by atoms with Crippen molar-refractivity contribution in [1.82, 2.24) is 4.98 Å². The number of hydrogen-bond acceptors (Lipinski definition) is 6. The molecule has 0 bridgehead atoms. The summed E-state index contributed by atoms with van der Waals surface area (Å²) in [5.74, 6) is 0. The Balaban J connectivity index is 2.16. The van der Waals surface area contributed by atoms with Gasteiger partial charge < -0.3 is 9.05 Å². The highest BCUT2D eigenvalue weighted by molar-refractivity contribution is 8.06. The zero-order valence-corrected chi connectivity index (χ0v) is 15.0. The third-order valence-electron chi connectivity index (χ3n) is 2.69. The van der Waals surface area contributed by atoms with E-state index in [-0.39, 0.29) is 24.2 Å². The minimum atomic E-state index is -4.40. The summed E-state index contributed by atoms with van der Waals surface area (Å²) in [6, 6.07) is 3.44. The lowest BCUT2D eigenvalue weighted by Crippen LogP contribution is -2.03. The van der Waals surface area contributed by atoms with Crippen LogP contribution in [0.15, 0.2) is 22.5 Å². The minimum Gasteiger partial charge on any atom is -0.308 e. The Morgan fingerprint density at radius 3 is 2.48 bits per heavy atom. The maximum absolute atomic E-state index is 12.7. The first kappa shape index (κ1) is 18.7. The van der Waals surface area contributed by atoms with Gasteiger partial charge in [-0.3, -0.25) is 4.57 Å². The fourth-order valence-electron chi connectivity index (χ4n) is 1.78. The van der Waals surface area contributed by atoms with E-state index in [1.165, 1.54) is 17.4 Å². The molecule has 2 rings (SSSR count). The van der Waals surface area contributed by atoms with Crippen molar-refractivity contribution < 1.29 is 26.8 Å². The second kappa shape index (κ2) is 7.53. The molecule has 128 valence electrons. The van der Waals surface area contributed by atoms with Gasteiger partial charge in [-0.15, -0.1) is 11.3 Å². The predicted molar refractivity (Wildman–Crippen MR) is 86.2 cm³/mol. The van der Waals surface area contributed by atoms with Gasteiger partial charge in [-0.05, 0) is 32.0 Å². The first-order valence-electron chi connectivity index (χ1n) is 6.76. The molecule has 4 nitrogen and oxygen atoms in total. The molecule has 1 heterocycles. The van der Waals surface area contributed by atoms with Crippen LogP contribution in [-0.2, 0) is 19.8 Å². The molecule has 0 aliphatic heterocycles. The van der Waals surface area contributed by atoms with Crippen molar-refractivity contribution in [1.29, 1.82) is 0 Å². The van der Waals surface area contributed by atoms with Crippen LogP contribution >= 0.6 is 30.7 Å². The number of thiazole rings is 1. The highest BCUT2D eigenvalue weighted by atomic mass is 32.2. The largest absolute Gasteiger partial charge is 0.416 e. The third kappa shape index (κ3) is 4.93. The molecular weight excluding hydrogens is 370 g/mol. The lowest BCUT2D eigenvalue weighted by Gasteiger charge is -2.15. The zero-order chi connectivity index (χ0) is 17.1. The first-order valence-corrected chi connectivity index (χ1v) is 10.3. The van der Waals surface area contributed by atoms with Crippen molar-refractivity contribution in [2.45, 2.75) is 24.4 Å². The number of benzene rings is 1. The molecule has 0 unspecified atom stereocenters. The molecule has 0 N–H and O–H groups in total. The van der Waals surface area contributed by atoms with E-state index in [0.717, 1.165) is 23.9 Å². The standard InChI is InChI=1S/C13H15F3NO3PS2/c1-3-19-21(18,20-4-2)8-22-12-17-10-7-9(13(14,15)16)5-6-11(10)23-12/h5-7H,3-4,8H2,1-2H3. The van der Waals surface area contributed by atoms with Gasteiger partial charge in [0.2, 0.25) is 0 Å². The fraction of sp³-hybridized carbons (Fsp3) is 0.462. The molecule has 1 aromatic carbocycles. The van der Waals surface area contributed by atoms with Crippen LogP contribution in [0.5, 0.6) is 0 Å². The van der Waals surface area contributed by atoms with Crippen molar-refractivity contribution in [2.75, 3.05) is 18.7 Å². The molecule has 10 heteroatoms. The molecule has 0 radical (unpaired) electrons. The summed E-state index contributed by atoms with van der Waals surface area (Å²) in [7, 11) is -3.21.